The van der Waals surface area contributed by atoms with Gasteiger partial charge in [-0.3, -0.25) is 5.41 Å². The number of rotatable bonds is 8. The Labute approximate surface area is 140 Å². The molecule has 23 heavy (non-hydrogen) atoms. The second-order valence-electron chi connectivity index (χ2n) is 4.75. The maximum atomic E-state index is 11.7. The van der Waals surface area contributed by atoms with E-state index in [0.29, 0.717) is 10.6 Å². The van der Waals surface area contributed by atoms with Crippen molar-refractivity contribution in [2.45, 2.75) is 5.75 Å². The van der Waals surface area contributed by atoms with Gasteiger partial charge >= 0.3 is 5.97 Å². The fraction of sp³-hybridized carbons (Fsp3) is 0.222. The third-order valence-corrected chi connectivity index (χ3v) is 3.90. The minimum Gasteiger partial charge on any atom is -0.460 e. The Morgan fingerprint density at radius 3 is 2.30 bits per heavy atom. The van der Waals surface area contributed by atoms with E-state index in [4.69, 9.17) is 14.9 Å². The number of thioether (sulfide) groups is 1. The number of carbonyl (C=O) groups is 1. The van der Waals surface area contributed by atoms with Gasteiger partial charge in [0.1, 0.15) is 6.61 Å². The highest BCUT2D eigenvalue weighted by atomic mass is 32.2. The predicted octanol–water partition coefficient (Wildman–Crippen LogP) is 3.77. The number of hydrogen-bond donors (Lipinski definition) is 1. The van der Waals surface area contributed by atoms with Gasteiger partial charge < -0.3 is 9.47 Å². The van der Waals surface area contributed by atoms with Crippen LogP contribution in [-0.4, -0.2) is 30.8 Å². The molecule has 5 heteroatoms. The van der Waals surface area contributed by atoms with E-state index in [1.165, 1.54) is 17.3 Å². The molecule has 0 radical (unpaired) electrons. The summed E-state index contributed by atoms with van der Waals surface area (Å²) in [6.07, 6.45) is 0. The van der Waals surface area contributed by atoms with Crippen molar-refractivity contribution in [1.82, 2.24) is 0 Å². The van der Waals surface area contributed by atoms with Crippen LogP contribution >= 0.6 is 11.8 Å². The van der Waals surface area contributed by atoms with Crippen LogP contribution in [0.4, 0.5) is 0 Å². The molecule has 0 amide bonds. The van der Waals surface area contributed by atoms with E-state index in [1.54, 1.807) is 24.3 Å². The molecule has 0 atom stereocenters. The number of benzene rings is 2. The molecule has 2 aromatic rings. The third kappa shape index (κ3) is 6.67. The second-order valence-corrected chi connectivity index (χ2v) is 5.82. The van der Waals surface area contributed by atoms with Gasteiger partial charge in [0.05, 0.1) is 23.8 Å². The number of esters is 1. The van der Waals surface area contributed by atoms with Crippen molar-refractivity contribution in [3.8, 4) is 0 Å². The van der Waals surface area contributed by atoms with Gasteiger partial charge in [0.25, 0.3) is 0 Å². The topological polar surface area (TPSA) is 59.4 Å². The maximum Gasteiger partial charge on any atom is 0.338 e. The molecule has 0 aliphatic heterocycles. The fourth-order valence-corrected chi connectivity index (χ4v) is 2.50. The minimum absolute atomic E-state index is 0.185. The summed E-state index contributed by atoms with van der Waals surface area (Å²) in [6, 6.07) is 18.8. The van der Waals surface area contributed by atoms with Crippen molar-refractivity contribution in [1.29, 1.82) is 5.41 Å². The first kappa shape index (κ1) is 17.2. The van der Waals surface area contributed by atoms with Crippen molar-refractivity contribution in [2.24, 2.45) is 0 Å². The molecule has 0 fully saturated rings. The van der Waals surface area contributed by atoms with Gasteiger partial charge in [0.15, 0.2) is 0 Å². The van der Waals surface area contributed by atoms with Crippen molar-refractivity contribution in [2.75, 3.05) is 19.8 Å². The first-order valence-corrected chi connectivity index (χ1v) is 8.28. The summed E-state index contributed by atoms with van der Waals surface area (Å²) in [5.74, 6) is 0.397. The highest BCUT2D eigenvalue weighted by Gasteiger charge is 2.05. The summed E-state index contributed by atoms with van der Waals surface area (Å²) in [5.41, 5.74) is 1.71. The lowest BCUT2D eigenvalue weighted by atomic mass is 10.2. The quantitative estimate of drug-likeness (QED) is 0.347. The minimum atomic E-state index is -0.359. The zero-order chi connectivity index (χ0) is 16.3. The van der Waals surface area contributed by atoms with Crippen LogP contribution in [0.3, 0.4) is 0 Å². The predicted molar refractivity (Wildman–Crippen MR) is 93.0 cm³/mol. The molecule has 4 nitrogen and oxygen atoms in total. The molecule has 0 aliphatic rings. The van der Waals surface area contributed by atoms with Crippen molar-refractivity contribution >= 4 is 22.8 Å². The highest BCUT2D eigenvalue weighted by molar-refractivity contribution is 8.13. The molecule has 0 unspecified atom stereocenters. The van der Waals surface area contributed by atoms with Crippen LogP contribution in [-0.2, 0) is 15.2 Å². The molecule has 0 heterocycles. The van der Waals surface area contributed by atoms with E-state index < -0.39 is 0 Å². The van der Waals surface area contributed by atoms with E-state index in [0.717, 1.165) is 5.75 Å². The molecular formula is C18H19NO3S. The van der Waals surface area contributed by atoms with E-state index in [2.05, 4.69) is 0 Å². The molecule has 0 saturated heterocycles. The van der Waals surface area contributed by atoms with Crippen LogP contribution in [0.5, 0.6) is 0 Å². The second kappa shape index (κ2) is 9.82. The third-order valence-electron chi connectivity index (χ3n) is 2.96. The molecule has 0 aliphatic carbocycles. The monoisotopic (exact) mass is 329 g/mol. The molecule has 2 aromatic carbocycles. The summed E-state index contributed by atoms with van der Waals surface area (Å²) in [5, 5.41) is 8.28. The maximum absolute atomic E-state index is 11.7. The van der Waals surface area contributed by atoms with Gasteiger partial charge in [-0.25, -0.2) is 4.79 Å². The van der Waals surface area contributed by atoms with Gasteiger partial charge in [-0.15, -0.1) is 11.8 Å². The molecule has 0 bridgehead atoms. The summed E-state index contributed by atoms with van der Waals surface area (Å²) in [6.45, 7) is 0.706. The van der Waals surface area contributed by atoms with E-state index in [-0.39, 0.29) is 25.8 Å². The molecular weight excluding hydrogens is 310 g/mol. The van der Waals surface area contributed by atoms with Crippen LogP contribution in [0.25, 0.3) is 0 Å². The number of hydrogen-bond acceptors (Lipinski definition) is 5. The van der Waals surface area contributed by atoms with Crippen LogP contribution in [0, 0.1) is 5.41 Å². The van der Waals surface area contributed by atoms with E-state index in [1.807, 2.05) is 36.4 Å². The Bertz CT molecular complexity index is 617. The Hall–Kier alpha value is -2.11. The van der Waals surface area contributed by atoms with Gasteiger partial charge in [0.2, 0.25) is 0 Å². The van der Waals surface area contributed by atoms with Gasteiger partial charge in [0, 0.05) is 5.75 Å². The molecule has 0 aromatic heterocycles. The average molecular weight is 329 g/mol. The summed E-state index contributed by atoms with van der Waals surface area (Å²) in [4.78, 5) is 11.7. The lowest BCUT2D eigenvalue weighted by Gasteiger charge is -2.07. The zero-order valence-corrected chi connectivity index (χ0v) is 13.6. The number of nitrogens with one attached hydrogen (secondary N) is 1. The smallest absolute Gasteiger partial charge is 0.338 e. The van der Waals surface area contributed by atoms with Crippen LogP contribution < -0.4 is 0 Å². The first-order valence-electron chi connectivity index (χ1n) is 7.30. The molecule has 0 spiro atoms. The van der Waals surface area contributed by atoms with Crippen LogP contribution in [0.15, 0.2) is 60.7 Å². The van der Waals surface area contributed by atoms with Gasteiger partial charge in [-0.1, -0.05) is 48.5 Å². The number of carbonyl (C=O) groups excluding carboxylic acids is 1. The first-order chi connectivity index (χ1) is 11.3. The summed E-state index contributed by atoms with van der Waals surface area (Å²) in [7, 11) is 0. The molecule has 1 N–H and O–H groups in total. The van der Waals surface area contributed by atoms with E-state index in [9.17, 15) is 4.79 Å². The number of ether oxygens (including phenoxy) is 2. The molecule has 120 valence electrons. The van der Waals surface area contributed by atoms with Crippen molar-refractivity contribution < 1.29 is 14.3 Å². The van der Waals surface area contributed by atoms with Crippen LogP contribution in [0.1, 0.15) is 15.9 Å². The standard InChI is InChI=1S/C18H19NO3S/c19-17(23-14-15-7-3-1-4-8-15)13-21-11-12-22-18(20)16-9-5-2-6-10-16/h1-10,19H,11-14H2. The van der Waals surface area contributed by atoms with E-state index >= 15 is 0 Å². The lowest BCUT2D eigenvalue weighted by molar-refractivity contribution is 0.0365. The fourth-order valence-electron chi connectivity index (χ4n) is 1.80. The normalized spacial score (nSPS) is 10.3. The molecule has 2 rings (SSSR count). The van der Waals surface area contributed by atoms with Crippen molar-refractivity contribution in [3.63, 3.8) is 0 Å². The average Bonchev–Trinajstić information content (AvgIpc) is 2.61. The SMILES string of the molecule is N=C(COCCOC(=O)c1ccccc1)SCc1ccccc1. The summed E-state index contributed by atoms with van der Waals surface area (Å²) >= 11 is 1.44. The Kier molecular flexibility index (Phi) is 7.36. The Morgan fingerprint density at radius 2 is 1.61 bits per heavy atom. The van der Waals surface area contributed by atoms with Crippen LogP contribution in [0.2, 0.25) is 0 Å². The molecule has 0 saturated carbocycles. The Balaban J connectivity index is 1.55. The van der Waals surface area contributed by atoms with Gasteiger partial charge in [-0.2, -0.15) is 0 Å². The van der Waals surface area contributed by atoms with Gasteiger partial charge in [-0.05, 0) is 17.7 Å². The Morgan fingerprint density at radius 1 is 0.957 bits per heavy atom. The summed E-state index contributed by atoms with van der Waals surface area (Å²) < 4.78 is 10.4. The highest BCUT2D eigenvalue weighted by Crippen LogP contribution is 2.12. The largest absolute Gasteiger partial charge is 0.460 e. The lowest BCUT2D eigenvalue weighted by Crippen LogP contribution is -2.13. The zero-order valence-electron chi connectivity index (χ0n) is 12.7. The van der Waals surface area contributed by atoms with Crippen molar-refractivity contribution in [3.05, 3.63) is 71.8 Å².